The van der Waals surface area contributed by atoms with Gasteiger partial charge in [0.1, 0.15) is 5.75 Å². The minimum Gasteiger partial charge on any atom is -0.478 e. The predicted molar refractivity (Wildman–Crippen MR) is 71.8 cm³/mol. The minimum absolute atomic E-state index is 0.273. The number of hydrogen-bond acceptors (Lipinski definition) is 3. The molecule has 0 bridgehead atoms. The molecule has 3 nitrogen and oxygen atoms in total. The fourth-order valence-electron chi connectivity index (χ4n) is 1.79. The van der Waals surface area contributed by atoms with Gasteiger partial charge < -0.3 is 9.47 Å². The molecule has 1 aromatic carbocycles. The lowest BCUT2D eigenvalue weighted by Gasteiger charge is -2.18. The van der Waals surface area contributed by atoms with Crippen LogP contribution >= 0.6 is 0 Å². The third kappa shape index (κ3) is 4.06. The number of carbonyl (C=O) groups excluding carboxylic acids is 1. The topological polar surface area (TPSA) is 35.5 Å². The van der Waals surface area contributed by atoms with E-state index in [4.69, 9.17) is 9.47 Å². The van der Waals surface area contributed by atoms with Gasteiger partial charge in [-0.15, -0.1) is 0 Å². The third-order valence-electron chi connectivity index (χ3n) is 2.72. The molecule has 1 unspecified atom stereocenters. The van der Waals surface area contributed by atoms with Crippen molar-refractivity contribution in [2.45, 2.75) is 46.1 Å². The molecule has 1 rings (SSSR count). The molecule has 0 amide bonds. The Labute approximate surface area is 109 Å². The first-order valence-electron chi connectivity index (χ1n) is 6.64. The Morgan fingerprint density at radius 3 is 2.56 bits per heavy atom. The molecular formula is C15H22O3. The number of ether oxygens (including phenoxy) is 2. The fraction of sp³-hybridized carbons (Fsp3) is 0.533. The molecule has 3 heteroatoms. The van der Waals surface area contributed by atoms with Crippen molar-refractivity contribution in [3.05, 3.63) is 29.8 Å². The van der Waals surface area contributed by atoms with Crippen LogP contribution in [0.1, 0.15) is 39.2 Å². The van der Waals surface area contributed by atoms with Crippen LogP contribution in [0.2, 0.25) is 0 Å². The number of carbonyl (C=O) groups is 1. The maximum atomic E-state index is 11.8. The standard InChI is InChI=1S/C15H22O3/c1-4-9-14(15(16)17-6-3)18-13-11-8-7-10-12(13)5-2/h7-8,10-11,14H,4-6,9H2,1-3H3. The van der Waals surface area contributed by atoms with E-state index in [0.29, 0.717) is 13.0 Å². The number of rotatable bonds is 7. The molecule has 0 N–H and O–H groups in total. The monoisotopic (exact) mass is 250 g/mol. The average molecular weight is 250 g/mol. The molecule has 1 aromatic rings. The van der Waals surface area contributed by atoms with E-state index in [9.17, 15) is 4.79 Å². The Morgan fingerprint density at radius 2 is 1.94 bits per heavy atom. The molecule has 0 aliphatic carbocycles. The van der Waals surface area contributed by atoms with Crippen LogP contribution in [0.15, 0.2) is 24.3 Å². The normalized spacial score (nSPS) is 11.9. The van der Waals surface area contributed by atoms with Crippen LogP contribution in [0.5, 0.6) is 5.75 Å². The van der Waals surface area contributed by atoms with E-state index in [2.05, 4.69) is 6.92 Å². The Morgan fingerprint density at radius 1 is 1.22 bits per heavy atom. The van der Waals surface area contributed by atoms with Crippen LogP contribution in [0.4, 0.5) is 0 Å². The maximum Gasteiger partial charge on any atom is 0.347 e. The molecule has 0 heterocycles. The number of para-hydroxylation sites is 1. The molecule has 0 aromatic heterocycles. The lowest BCUT2D eigenvalue weighted by Crippen LogP contribution is -2.29. The summed E-state index contributed by atoms with van der Waals surface area (Å²) in [6.07, 6.45) is 1.95. The first kappa shape index (κ1) is 14.6. The van der Waals surface area contributed by atoms with Gasteiger partial charge in [0.15, 0.2) is 6.10 Å². The fourth-order valence-corrected chi connectivity index (χ4v) is 1.79. The highest BCUT2D eigenvalue weighted by molar-refractivity contribution is 5.75. The van der Waals surface area contributed by atoms with Crippen LogP contribution in [0.25, 0.3) is 0 Å². The quantitative estimate of drug-likeness (QED) is 0.696. The Bertz CT molecular complexity index is 374. The van der Waals surface area contributed by atoms with Crippen molar-refractivity contribution < 1.29 is 14.3 Å². The van der Waals surface area contributed by atoms with Crippen LogP contribution in [-0.2, 0) is 16.0 Å². The summed E-state index contributed by atoms with van der Waals surface area (Å²) in [6.45, 7) is 6.29. The minimum atomic E-state index is -0.498. The summed E-state index contributed by atoms with van der Waals surface area (Å²) in [4.78, 5) is 11.8. The first-order chi connectivity index (χ1) is 8.72. The van der Waals surface area contributed by atoms with Gasteiger partial charge in [0.05, 0.1) is 6.61 Å². The van der Waals surface area contributed by atoms with Gasteiger partial charge in [-0.05, 0) is 31.4 Å². The van der Waals surface area contributed by atoms with E-state index < -0.39 is 6.10 Å². The zero-order chi connectivity index (χ0) is 13.4. The molecule has 0 fully saturated rings. The lowest BCUT2D eigenvalue weighted by molar-refractivity contribution is -0.151. The molecule has 0 aliphatic rings. The highest BCUT2D eigenvalue weighted by atomic mass is 16.6. The van der Waals surface area contributed by atoms with Gasteiger partial charge >= 0.3 is 5.97 Å². The van der Waals surface area contributed by atoms with Crippen LogP contribution in [0, 0.1) is 0 Å². The van der Waals surface area contributed by atoms with Crippen molar-refractivity contribution in [3.8, 4) is 5.75 Å². The van der Waals surface area contributed by atoms with Gasteiger partial charge in [-0.2, -0.15) is 0 Å². The van der Waals surface area contributed by atoms with Crippen LogP contribution in [-0.4, -0.2) is 18.7 Å². The Hall–Kier alpha value is -1.51. The Balaban J connectivity index is 2.79. The van der Waals surface area contributed by atoms with Crippen molar-refractivity contribution in [1.29, 1.82) is 0 Å². The molecular weight excluding hydrogens is 228 g/mol. The SMILES string of the molecule is CCCC(Oc1ccccc1CC)C(=O)OCC. The number of benzene rings is 1. The molecule has 18 heavy (non-hydrogen) atoms. The van der Waals surface area contributed by atoms with Gasteiger partial charge in [-0.3, -0.25) is 0 Å². The van der Waals surface area contributed by atoms with E-state index in [0.717, 1.165) is 24.2 Å². The van der Waals surface area contributed by atoms with Crippen LogP contribution in [0.3, 0.4) is 0 Å². The van der Waals surface area contributed by atoms with E-state index in [1.54, 1.807) is 6.92 Å². The molecule has 0 saturated heterocycles. The molecule has 100 valence electrons. The van der Waals surface area contributed by atoms with E-state index in [1.165, 1.54) is 0 Å². The van der Waals surface area contributed by atoms with Crippen molar-refractivity contribution in [3.63, 3.8) is 0 Å². The van der Waals surface area contributed by atoms with Gasteiger partial charge in [-0.25, -0.2) is 4.79 Å². The van der Waals surface area contributed by atoms with Crippen molar-refractivity contribution in [2.24, 2.45) is 0 Å². The largest absolute Gasteiger partial charge is 0.478 e. The molecule has 0 saturated carbocycles. The summed E-state index contributed by atoms with van der Waals surface area (Å²) < 4.78 is 10.9. The van der Waals surface area contributed by atoms with Crippen molar-refractivity contribution in [2.75, 3.05) is 6.61 Å². The summed E-state index contributed by atoms with van der Waals surface area (Å²) in [6, 6.07) is 7.82. The number of hydrogen-bond donors (Lipinski definition) is 0. The first-order valence-corrected chi connectivity index (χ1v) is 6.64. The molecule has 1 atom stereocenters. The average Bonchev–Trinajstić information content (AvgIpc) is 2.39. The van der Waals surface area contributed by atoms with Crippen LogP contribution < -0.4 is 4.74 Å². The smallest absolute Gasteiger partial charge is 0.347 e. The number of aryl methyl sites for hydroxylation is 1. The molecule has 0 aliphatic heterocycles. The summed E-state index contributed by atoms with van der Waals surface area (Å²) in [7, 11) is 0. The summed E-state index contributed by atoms with van der Waals surface area (Å²) >= 11 is 0. The number of esters is 1. The second-order valence-electron chi connectivity index (χ2n) is 4.11. The van der Waals surface area contributed by atoms with Crippen molar-refractivity contribution >= 4 is 5.97 Å². The summed E-state index contributed by atoms with van der Waals surface area (Å²) in [5.74, 6) is 0.511. The van der Waals surface area contributed by atoms with E-state index in [-0.39, 0.29) is 5.97 Å². The predicted octanol–water partition coefficient (Wildman–Crippen LogP) is 3.36. The summed E-state index contributed by atoms with van der Waals surface area (Å²) in [5, 5.41) is 0. The third-order valence-corrected chi connectivity index (χ3v) is 2.72. The summed E-state index contributed by atoms with van der Waals surface area (Å²) in [5.41, 5.74) is 1.11. The Kier molecular flexibility index (Phi) is 6.26. The zero-order valence-electron chi connectivity index (χ0n) is 11.4. The van der Waals surface area contributed by atoms with Gasteiger partial charge in [-0.1, -0.05) is 38.5 Å². The highest BCUT2D eigenvalue weighted by Gasteiger charge is 2.21. The van der Waals surface area contributed by atoms with E-state index >= 15 is 0 Å². The molecule has 0 spiro atoms. The van der Waals surface area contributed by atoms with E-state index in [1.807, 2.05) is 31.2 Å². The highest BCUT2D eigenvalue weighted by Crippen LogP contribution is 2.21. The lowest BCUT2D eigenvalue weighted by atomic mass is 10.1. The van der Waals surface area contributed by atoms with Gasteiger partial charge in [0.25, 0.3) is 0 Å². The second-order valence-corrected chi connectivity index (χ2v) is 4.11. The van der Waals surface area contributed by atoms with Gasteiger partial charge in [0, 0.05) is 0 Å². The maximum absolute atomic E-state index is 11.8. The second kappa shape index (κ2) is 7.75. The van der Waals surface area contributed by atoms with Crippen molar-refractivity contribution in [1.82, 2.24) is 0 Å². The molecule has 0 radical (unpaired) electrons. The van der Waals surface area contributed by atoms with Gasteiger partial charge in [0.2, 0.25) is 0 Å². The zero-order valence-corrected chi connectivity index (χ0v) is 11.4.